The van der Waals surface area contributed by atoms with Gasteiger partial charge in [-0.1, -0.05) is 42.5 Å². The number of halogens is 3. The Balaban J connectivity index is 1.88. The highest BCUT2D eigenvalue weighted by Crippen LogP contribution is 2.29. The van der Waals surface area contributed by atoms with Gasteiger partial charge in [-0.25, -0.2) is 0 Å². The van der Waals surface area contributed by atoms with E-state index in [2.05, 4.69) is 0 Å². The van der Waals surface area contributed by atoms with Crippen LogP contribution in [0, 0.1) is 0 Å². The van der Waals surface area contributed by atoms with E-state index >= 15 is 0 Å². The van der Waals surface area contributed by atoms with Crippen molar-refractivity contribution < 1.29 is 33.0 Å². The van der Waals surface area contributed by atoms with Crippen LogP contribution >= 0.6 is 0 Å². The molecule has 1 aliphatic heterocycles. The largest absolute Gasteiger partial charge is 0.481 e. The van der Waals surface area contributed by atoms with Crippen molar-refractivity contribution in [3.8, 4) is 0 Å². The molecule has 8 heteroatoms. The highest BCUT2D eigenvalue weighted by molar-refractivity contribution is 5.79. The fraction of sp³-hybridized carbons (Fsp3) is 0.455. The summed E-state index contributed by atoms with van der Waals surface area (Å²) in [6.07, 6.45) is 3.82. The molecule has 0 aliphatic carbocycles. The molecule has 0 radical (unpaired) electrons. The van der Waals surface area contributed by atoms with E-state index in [1.54, 1.807) is 11.0 Å². The van der Waals surface area contributed by atoms with Gasteiger partial charge in [0.1, 0.15) is 0 Å². The molecule has 1 aromatic carbocycles. The van der Waals surface area contributed by atoms with Gasteiger partial charge < -0.3 is 15.1 Å². The second-order valence-corrected chi connectivity index (χ2v) is 7.26. The van der Waals surface area contributed by atoms with Gasteiger partial charge in [-0.2, -0.15) is 13.2 Å². The highest BCUT2D eigenvalue weighted by Gasteiger charge is 2.30. The zero-order chi connectivity index (χ0) is 22.1. The summed E-state index contributed by atoms with van der Waals surface area (Å²) in [5.41, 5.74) is -0.371. The Labute approximate surface area is 173 Å². The van der Waals surface area contributed by atoms with Crippen LogP contribution in [0.15, 0.2) is 48.6 Å². The molecule has 2 atom stereocenters. The number of carbonyl (C=O) groups excluding carboxylic acids is 1. The Kier molecular flexibility index (Phi) is 8.65. The summed E-state index contributed by atoms with van der Waals surface area (Å²) in [6, 6.07) is 4.68. The number of amides is 1. The number of aliphatic hydroxyl groups excluding tert-OH is 1. The predicted molar refractivity (Wildman–Crippen MR) is 106 cm³/mol. The number of alkyl halides is 3. The van der Waals surface area contributed by atoms with Crippen LogP contribution in [0.25, 0.3) is 0 Å². The van der Waals surface area contributed by atoms with Crippen molar-refractivity contribution in [3.05, 3.63) is 59.7 Å². The SMILES string of the molecule is O=C(O)CCC/C=C\CN1C(=O)CC[C@@H]1/C=C/[C@@H](O)Cc1cccc(C(F)(F)F)c1. The van der Waals surface area contributed by atoms with Crippen molar-refractivity contribution in [2.24, 2.45) is 0 Å². The monoisotopic (exact) mass is 425 g/mol. The number of carboxylic acids is 1. The average molecular weight is 425 g/mol. The molecule has 2 rings (SSSR count). The summed E-state index contributed by atoms with van der Waals surface area (Å²) in [5.74, 6) is -0.848. The molecule has 0 spiro atoms. The number of rotatable bonds is 10. The third kappa shape index (κ3) is 7.67. The van der Waals surface area contributed by atoms with Gasteiger partial charge in [0.05, 0.1) is 17.7 Å². The Morgan fingerprint density at radius 3 is 2.77 bits per heavy atom. The molecule has 0 unspecified atom stereocenters. The number of hydrogen-bond acceptors (Lipinski definition) is 3. The minimum Gasteiger partial charge on any atom is -0.481 e. The van der Waals surface area contributed by atoms with E-state index in [1.165, 1.54) is 18.2 Å². The molecule has 0 saturated carbocycles. The van der Waals surface area contributed by atoms with Gasteiger partial charge in [0.2, 0.25) is 5.91 Å². The number of allylic oxidation sites excluding steroid dienone is 1. The number of carboxylic acid groups (broad SMARTS) is 1. The van der Waals surface area contributed by atoms with Crippen LogP contribution in [-0.4, -0.2) is 45.7 Å². The number of nitrogens with zero attached hydrogens (tertiary/aromatic N) is 1. The van der Waals surface area contributed by atoms with Gasteiger partial charge in [0.15, 0.2) is 0 Å². The molecule has 1 aromatic rings. The van der Waals surface area contributed by atoms with Crippen molar-refractivity contribution in [3.63, 3.8) is 0 Å². The van der Waals surface area contributed by atoms with Crippen molar-refractivity contribution in [1.82, 2.24) is 4.90 Å². The fourth-order valence-corrected chi connectivity index (χ4v) is 3.31. The third-order valence-electron chi connectivity index (χ3n) is 4.86. The minimum absolute atomic E-state index is 0.00722. The van der Waals surface area contributed by atoms with E-state index < -0.39 is 23.8 Å². The first-order chi connectivity index (χ1) is 14.2. The summed E-state index contributed by atoms with van der Waals surface area (Å²) in [5, 5.41) is 18.8. The molecule has 2 N–H and O–H groups in total. The lowest BCUT2D eigenvalue weighted by Crippen LogP contribution is -2.32. The lowest BCUT2D eigenvalue weighted by Gasteiger charge is -2.21. The van der Waals surface area contributed by atoms with Crippen LogP contribution in [0.5, 0.6) is 0 Å². The molecule has 1 aliphatic rings. The zero-order valence-corrected chi connectivity index (χ0v) is 16.5. The van der Waals surface area contributed by atoms with E-state index in [1.807, 2.05) is 12.2 Å². The first-order valence-corrected chi connectivity index (χ1v) is 9.85. The first kappa shape index (κ1) is 23.7. The van der Waals surface area contributed by atoms with E-state index in [9.17, 15) is 27.9 Å². The number of aliphatic hydroxyl groups is 1. The van der Waals surface area contributed by atoms with Gasteiger partial charge in [0, 0.05) is 25.8 Å². The Hall–Kier alpha value is -2.61. The molecule has 1 saturated heterocycles. The van der Waals surface area contributed by atoms with Crippen LogP contribution in [0.2, 0.25) is 0 Å². The lowest BCUT2D eigenvalue weighted by molar-refractivity contribution is -0.138. The van der Waals surface area contributed by atoms with Crippen LogP contribution in [-0.2, 0) is 22.2 Å². The highest BCUT2D eigenvalue weighted by atomic mass is 19.4. The average Bonchev–Trinajstić information content (AvgIpc) is 3.02. The number of likely N-dealkylation sites (tertiary alicyclic amines) is 1. The van der Waals surface area contributed by atoms with Crippen LogP contribution < -0.4 is 0 Å². The summed E-state index contributed by atoms with van der Waals surface area (Å²) in [6.45, 7) is 0.393. The number of unbranched alkanes of at least 4 members (excludes halogenated alkanes) is 1. The topological polar surface area (TPSA) is 77.8 Å². The molecular weight excluding hydrogens is 399 g/mol. The standard InChI is InChI=1S/C22H26F3NO4/c23-22(24,25)17-7-5-6-16(14-17)15-19(27)11-9-18-10-12-20(28)26(18)13-4-2-1-3-8-21(29)30/h2,4-7,9,11,14,18-19,27H,1,3,8,10,12-13,15H2,(H,29,30)/b4-2-,11-9+/t18-,19+/m0/s1. The second-order valence-electron chi connectivity index (χ2n) is 7.26. The summed E-state index contributed by atoms with van der Waals surface area (Å²) >= 11 is 0. The number of benzene rings is 1. The van der Waals surface area contributed by atoms with E-state index in [-0.39, 0.29) is 24.8 Å². The van der Waals surface area contributed by atoms with Gasteiger partial charge >= 0.3 is 12.1 Å². The first-order valence-electron chi connectivity index (χ1n) is 9.85. The van der Waals surface area contributed by atoms with E-state index in [0.29, 0.717) is 37.8 Å². The fourth-order valence-electron chi connectivity index (χ4n) is 3.31. The molecule has 0 bridgehead atoms. The van der Waals surface area contributed by atoms with Crippen molar-refractivity contribution in [1.29, 1.82) is 0 Å². The molecular formula is C22H26F3NO4. The molecule has 1 heterocycles. The number of hydrogen-bond donors (Lipinski definition) is 2. The zero-order valence-electron chi connectivity index (χ0n) is 16.5. The molecule has 30 heavy (non-hydrogen) atoms. The third-order valence-corrected chi connectivity index (χ3v) is 4.86. The van der Waals surface area contributed by atoms with E-state index in [4.69, 9.17) is 5.11 Å². The Morgan fingerprint density at radius 2 is 2.07 bits per heavy atom. The van der Waals surface area contributed by atoms with Gasteiger partial charge in [-0.05, 0) is 30.9 Å². The molecule has 1 fully saturated rings. The maximum atomic E-state index is 12.8. The number of aliphatic carboxylic acids is 1. The van der Waals surface area contributed by atoms with E-state index in [0.717, 1.165) is 12.1 Å². The maximum Gasteiger partial charge on any atom is 0.416 e. The molecule has 5 nitrogen and oxygen atoms in total. The summed E-state index contributed by atoms with van der Waals surface area (Å²) in [7, 11) is 0. The quantitative estimate of drug-likeness (QED) is 0.439. The van der Waals surface area contributed by atoms with Crippen molar-refractivity contribution in [2.45, 2.75) is 56.8 Å². The number of carbonyl (C=O) groups is 2. The Morgan fingerprint density at radius 1 is 1.30 bits per heavy atom. The Bertz CT molecular complexity index is 789. The predicted octanol–water partition coefficient (Wildman–Crippen LogP) is 3.97. The maximum absolute atomic E-state index is 12.8. The molecule has 164 valence electrons. The van der Waals surface area contributed by atoms with Gasteiger partial charge in [-0.3, -0.25) is 9.59 Å². The normalized spacial score (nSPS) is 18.6. The molecule has 0 aromatic heterocycles. The van der Waals surface area contributed by atoms with Gasteiger partial charge in [0.25, 0.3) is 0 Å². The van der Waals surface area contributed by atoms with Gasteiger partial charge in [-0.15, -0.1) is 0 Å². The lowest BCUT2D eigenvalue weighted by atomic mass is 10.0. The summed E-state index contributed by atoms with van der Waals surface area (Å²) < 4.78 is 38.4. The molecule has 1 amide bonds. The van der Waals surface area contributed by atoms with Crippen molar-refractivity contribution in [2.75, 3.05) is 6.54 Å². The second kappa shape index (κ2) is 11.0. The van der Waals surface area contributed by atoms with Crippen LogP contribution in [0.1, 0.15) is 43.2 Å². The smallest absolute Gasteiger partial charge is 0.416 e. The van der Waals surface area contributed by atoms with Crippen LogP contribution in [0.3, 0.4) is 0 Å². The summed E-state index contributed by atoms with van der Waals surface area (Å²) in [4.78, 5) is 24.2. The van der Waals surface area contributed by atoms with Crippen LogP contribution in [0.4, 0.5) is 13.2 Å². The minimum atomic E-state index is -4.43. The van der Waals surface area contributed by atoms with Crippen molar-refractivity contribution >= 4 is 11.9 Å².